The Bertz CT molecular complexity index is 307. The molecule has 0 aromatic carbocycles. The van der Waals surface area contributed by atoms with Crippen LogP contribution in [0.3, 0.4) is 0 Å². The summed E-state index contributed by atoms with van der Waals surface area (Å²) < 4.78 is 2.87. The molecule has 0 aliphatic heterocycles. The maximum Gasteiger partial charge on any atom is 0.127 e. The predicted octanol–water partition coefficient (Wildman–Crippen LogP) is 1.90. The van der Waals surface area contributed by atoms with Crippen LogP contribution in [-0.4, -0.2) is 9.55 Å². The zero-order chi connectivity index (χ0) is 8.43. The predicted molar refractivity (Wildman–Crippen MR) is 48.2 cm³/mol. The van der Waals surface area contributed by atoms with E-state index in [-0.39, 0.29) is 0 Å². The molecule has 0 radical (unpaired) electrons. The molecule has 0 saturated carbocycles. The van der Waals surface area contributed by atoms with Gasteiger partial charge in [-0.25, -0.2) is 4.98 Å². The van der Waals surface area contributed by atoms with E-state index in [2.05, 4.69) is 26.8 Å². The first-order valence-corrected chi connectivity index (χ1v) is 4.08. The minimum atomic E-state index is 0.594. The number of halogens is 1. The van der Waals surface area contributed by atoms with Crippen LogP contribution in [0, 0.1) is 26.2 Å². The molecule has 1 aromatic rings. The van der Waals surface area contributed by atoms with Crippen LogP contribution in [0.15, 0.2) is 4.60 Å². The van der Waals surface area contributed by atoms with E-state index in [1.807, 2.05) is 18.4 Å². The Hall–Kier alpha value is -0.750. The molecule has 0 unspecified atom stereocenters. The lowest BCUT2D eigenvalue weighted by atomic mass is 10.5. The van der Waals surface area contributed by atoms with Crippen molar-refractivity contribution in [3.63, 3.8) is 0 Å². The Morgan fingerprint density at radius 2 is 2.27 bits per heavy atom. The Morgan fingerprint density at radius 1 is 1.64 bits per heavy atom. The zero-order valence-corrected chi connectivity index (χ0v) is 8.14. The zero-order valence-electron chi connectivity index (χ0n) is 6.56. The molecule has 3 heteroatoms. The van der Waals surface area contributed by atoms with Gasteiger partial charge in [0.2, 0.25) is 0 Å². The van der Waals surface area contributed by atoms with Gasteiger partial charge >= 0.3 is 0 Å². The molecule has 0 saturated heterocycles. The second-order valence-electron chi connectivity index (χ2n) is 2.33. The fraction of sp³-hybridized carbons (Fsp3) is 0.375. The van der Waals surface area contributed by atoms with Gasteiger partial charge in [-0.05, 0) is 29.8 Å². The Morgan fingerprint density at radius 3 is 2.64 bits per heavy atom. The summed E-state index contributed by atoms with van der Waals surface area (Å²) in [6.45, 7) is 4.52. The van der Waals surface area contributed by atoms with E-state index in [4.69, 9.17) is 6.42 Å². The molecule has 1 rings (SSSR count). The van der Waals surface area contributed by atoms with Crippen molar-refractivity contribution in [2.75, 3.05) is 0 Å². The summed E-state index contributed by atoms with van der Waals surface area (Å²) in [5, 5.41) is 0. The van der Waals surface area contributed by atoms with Crippen LogP contribution in [0.25, 0.3) is 0 Å². The standard InChI is InChI=1S/C8H9BrN2/c1-4-5-11-6(2)8(9)10-7(11)3/h1H,5H2,2-3H3. The SMILES string of the molecule is C#CCn1c(C)nc(Br)c1C. The average Bonchev–Trinajstić information content (AvgIpc) is 2.17. The molecule has 0 atom stereocenters. The third kappa shape index (κ3) is 1.46. The van der Waals surface area contributed by atoms with Crippen LogP contribution >= 0.6 is 15.9 Å². The highest BCUT2D eigenvalue weighted by Crippen LogP contribution is 2.15. The average molecular weight is 213 g/mol. The molecule has 0 N–H and O–H groups in total. The van der Waals surface area contributed by atoms with Crippen LogP contribution in [-0.2, 0) is 6.54 Å². The molecule has 0 bridgehead atoms. The van der Waals surface area contributed by atoms with E-state index in [0.29, 0.717) is 6.54 Å². The molecule has 2 nitrogen and oxygen atoms in total. The maximum atomic E-state index is 5.19. The topological polar surface area (TPSA) is 17.8 Å². The van der Waals surface area contributed by atoms with Crippen LogP contribution in [0.2, 0.25) is 0 Å². The van der Waals surface area contributed by atoms with Crippen molar-refractivity contribution in [3.8, 4) is 12.3 Å². The molecule has 0 fully saturated rings. The van der Waals surface area contributed by atoms with E-state index >= 15 is 0 Å². The monoisotopic (exact) mass is 212 g/mol. The van der Waals surface area contributed by atoms with Gasteiger partial charge in [0, 0.05) is 5.69 Å². The van der Waals surface area contributed by atoms with Gasteiger partial charge < -0.3 is 4.57 Å². The summed E-state index contributed by atoms with van der Waals surface area (Å²) in [7, 11) is 0. The van der Waals surface area contributed by atoms with E-state index < -0.39 is 0 Å². The Balaban J connectivity index is 3.14. The van der Waals surface area contributed by atoms with Crippen LogP contribution in [0.1, 0.15) is 11.5 Å². The molecule has 0 amide bonds. The summed E-state index contributed by atoms with van der Waals surface area (Å²) >= 11 is 3.34. The molecule has 0 spiro atoms. The molecular formula is C8H9BrN2. The quantitative estimate of drug-likeness (QED) is 0.651. The minimum absolute atomic E-state index is 0.594. The highest BCUT2D eigenvalue weighted by atomic mass is 79.9. The number of hydrogen-bond donors (Lipinski definition) is 0. The maximum absolute atomic E-state index is 5.19. The fourth-order valence-corrected chi connectivity index (χ4v) is 1.43. The van der Waals surface area contributed by atoms with Gasteiger partial charge in [0.25, 0.3) is 0 Å². The first-order valence-electron chi connectivity index (χ1n) is 3.29. The number of rotatable bonds is 1. The highest BCUT2D eigenvalue weighted by molar-refractivity contribution is 9.10. The van der Waals surface area contributed by atoms with Crippen molar-refractivity contribution in [1.29, 1.82) is 0 Å². The number of imidazole rings is 1. The fourth-order valence-electron chi connectivity index (χ4n) is 0.962. The molecule has 0 aliphatic carbocycles. The molecular weight excluding hydrogens is 204 g/mol. The van der Waals surface area contributed by atoms with Crippen molar-refractivity contribution in [2.24, 2.45) is 0 Å². The Kier molecular flexibility index (Phi) is 2.35. The van der Waals surface area contributed by atoms with Gasteiger partial charge in [0.15, 0.2) is 0 Å². The molecule has 1 aromatic heterocycles. The first-order chi connectivity index (χ1) is 5.16. The number of aryl methyl sites for hydroxylation is 1. The third-order valence-corrected chi connectivity index (χ3v) is 2.35. The summed E-state index contributed by atoms with van der Waals surface area (Å²) in [6.07, 6.45) is 5.19. The van der Waals surface area contributed by atoms with E-state index in [9.17, 15) is 0 Å². The number of terminal acetylenes is 1. The smallest absolute Gasteiger partial charge is 0.127 e. The van der Waals surface area contributed by atoms with E-state index in [1.54, 1.807) is 0 Å². The van der Waals surface area contributed by atoms with E-state index in [1.165, 1.54) is 0 Å². The highest BCUT2D eigenvalue weighted by Gasteiger charge is 2.05. The second kappa shape index (κ2) is 3.10. The second-order valence-corrected chi connectivity index (χ2v) is 3.08. The summed E-state index contributed by atoms with van der Waals surface area (Å²) in [4.78, 5) is 4.21. The first kappa shape index (κ1) is 8.35. The van der Waals surface area contributed by atoms with Gasteiger partial charge in [-0.15, -0.1) is 6.42 Å². The van der Waals surface area contributed by atoms with Crippen LogP contribution in [0.5, 0.6) is 0 Å². The van der Waals surface area contributed by atoms with Gasteiger partial charge in [-0.3, -0.25) is 0 Å². The largest absolute Gasteiger partial charge is 0.320 e. The summed E-state index contributed by atoms with van der Waals surface area (Å²) in [6, 6.07) is 0. The van der Waals surface area contributed by atoms with Crippen molar-refractivity contribution in [2.45, 2.75) is 20.4 Å². The molecule has 58 valence electrons. The van der Waals surface area contributed by atoms with Gasteiger partial charge in [0.1, 0.15) is 10.4 Å². The van der Waals surface area contributed by atoms with Gasteiger partial charge in [-0.1, -0.05) is 5.92 Å². The lowest BCUT2D eigenvalue weighted by molar-refractivity contribution is 0.771. The van der Waals surface area contributed by atoms with Crippen LogP contribution < -0.4 is 0 Å². The minimum Gasteiger partial charge on any atom is -0.320 e. The van der Waals surface area contributed by atoms with Crippen molar-refractivity contribution in [3.05, 3.63) is 16.1 Å². The molecule has 0 aliphatic rings. The number of hydrogen-bond acceptors (Lipinski definition) is 1. The normalized spacial score (nSPS) is 9.64. The van der Waals surface area contributed by atoms with Crippen molar-refractivity contribution >= 4 is 15.9 Å². The lowest BCUT2D eigenvalue weighted by Crippen LogP contribution is -2.00. The number of nitrogens with zero attached hydrogens (tertiary/aromatic N) is 2. The summed E-state index contributed by atoms with van der Waals surface area (Å²) in [5.41, 5.74) is 1.08. The van der Waals surface area contributed by atoms with Crippen molar-refractivity contribution in [1.82, 2.24) is 9.55 Å². The van der Waals surface area contributed by atoms with Crippen molar-refractivity contribution < 1.29 is 0 Å². The number of aromatic nitrogens is 2. The molecule has 1 heterocycles. The van der Waals surface area contributed by atoms with Gasteiger partial charge in [0.05, 0.1) is 6.54 Å². The van der Waals surface area contributed by atoms with E-state index in [0.717, 1.165) is 16.1 Å². The third-order valence-electron chi connectivity index (χ3n) is 1.60. The molecule has 11 heavy (non-hydrogen) atoms. The Labute approximate surface area is 74.8 Å². The summed E-state index contributed by atoms with van der Waals surface area (Å²) in [5.74, 6) is 3.53. The van der Waals surface area contributed by atoms with Gasteiger partial charge in [-0.2, -0.15) is 0 Å². The lowest BCUT2D eigenvalue weighted by Gasteiger charge is -2.00. The van der Waals surface area contributed by atoms with Crippen LogP contribution in [0.4, 0.5) is 0 Å².